The Labute approximate surface area is 109 Å². The number of hydrogen-bond acceptors (Lipinski definition) is 3. The fourth-order valence-electron chi connectivity index (χ4n) is 2.37. The molecular formula is C15H23NO2. The van der Waals surface area contributed by atoms with Crippen LogP contribution in [0.5, 0.6) is 0 Å². The normalized spacial score (nSPS) is 23.4. The van der Waals surface area contributed by atoms with Gasteiger partial charge in [0.25, 0.3) is 0 Å². The van der Waals surface area contributed by atoms with Crippen molar-refractivity contribution in [2.45, 2.75) is 32.6 Å². The first-order valence-electron chi connectivity index (χ1n) is 6.68. The Balaban J connectivity index is 1.72. The number of hydrogen-bond donors (Lipinski definition) is 1. The third kappa shape index (κ3) is 3.80. The molecule has 0 aliphatic carbocycles. The highest BCUT2D eigenvalue weighted by molar-refractivity contribution is 5.21. The summed E-state index contributed by atoms with van der Waals surface area (Å²) >= 11 is 0. The molecule has 0 amide bonds. The molecule has 2 atom stereocenters. The Morgan fingerprint density at radius 1 is 1.28 bits per heavy atom. The SMILES string of the molecule is COCc1ccc(CNCC2CCOC2C)cc1. The maximum absolute atomic E-state index is 5.56. The molecule has 1 aliphatic heterocycles. The van der Waals surface area contributed by atoms with E-state index in [-0.39, 0.29) is 0 Å². The summed E-state index contributed by atoms with van der Waals surface area (Å²) in [6.45, 7) is 5.74. The first kappa shape index (κ1) is 13.5. The van der Waals surface area contributed by atoms with Crippen LogP contribution in [0.2, 0.25) is 0 Å². The highest BCUT2D eigenvalue weighted by Crippen LogP contribution is 2.19. The predicted octanol–water partition coefficient (Wildman–Crippen LogP) is 2.35. The molecule has 1 fully saturated rings. The van der Waals surface area contributed by atoms with Crippen LogP contribution in [-0.2, 0) is 22.6 Å². The fourth-order valence-corrected chi connectivity index (χ4v) is 2.37. The minimum absolute atomic E-state index is 0.404. The van der Waals surface area contributed by atoms with Crippen molar-refractivity contribution < 1.29 is 9.47 Å². The monoisotopic (exact) mass is 249 g/mol. The first-order valence-corrected chi connectivity index (χ1v) is 6.68. The van der Waals surface area contributed by atoms with Gasteiger partial charge in [-0.2, -0.15) is 0 Å². The maximum atomic E-state index is 5.56. The van der Waals surface area contributed by atoms with Crippen LogP contribution in [-0.4, -0.2) is 26.4 Å². The van der Waals surface area contributed by atoms with E-state index in [0.29, 0.717) is 18.6 Å². The summed E-state index contributed by atoms with van der Waals surface area (Å²) in [7, 11) is 1.72. The lowest BCUT2D eigenvalue weighted by Gasteiger charge is -2.14. The molecule has 18 heavy (non-hydrogen) atoms. The second kappa shape index (κ2) is 6.88. The molecule has 1 aliphatic rings. The molecule has 0 spiro atoms. The predicted molar refractivity (Wildman–Crippen MR) is 72.4 cm³/mol. The lowest BCUT2D eigenvalue weighted by atomic mass is 10.0. The zero-order valence-electron chi connectivity index (χ0n) is 11.3. The Hall–Kier alpha value is -0.900. The van der Waals surface area contributed by atoms with Gasteiger partial charge in [0.15, 0.2) is 0 Å². The first-order chi connectivity index (χ1) is 8.79. The number of benzene rings is 1. The van der Waals surface area contributed by atoms with Crippen LogP contribution in [0.4, 0.5) is 0 Å². The number of nitrogens with one attached hydrogen (secondary N) is 1. The molecule has 3 nitrogen and oxygen atoms in total. The molecule has 3 heteroatoms. The van der Waals surface area contributed by atoms with E-state index in [2.05, 4.69) is 36.5 Å². The summed E-state index contributed by atoms with van der Waals surface area (Å²) in [6, 6.07) is 8.58. The highest BCUT2D eigenvalue weighted by Gasteiger charge is 2.23. The van der Waals surface area contributed by atoms with Gasteiger partial charge in [-0.05, 0) is 30.4 Å². The van der Waals surface area contributed by atoms with Crippen molar-refractivity contribution in [3.8, 4) is 0 Å². The van der Waals surface area contributed by atoms with Gasteiger partial charge in [-0.15, -0.1) is 0 Å². The standard InChI is InChI=1S/C15H23NO2/c1-12-15(7-8-18-12)10-16-9-13-3-5-14(6-4-13)11-17-2/h3-6,12,15-16H,7-11H2,1-2H3. The van der Waals surface area contributed by atoms with Gasteiger partial charge in [0.2, 0.25) is 0 Å². The van der Waals surface area contributed by atoms with Gasteiger partial charge in [0, 0.05) is 26.8 Å². The Morgan fingerprint density at radius 2 is 2.00 bits per heavy atom. The highest BCUT2D eigenvalue weighted by atomic mass is 16.5. The van der Waals surface area contributed by atoms with E-state index in [9.17, 15) is 0 Å². The quantitative estimate of drug-likeness (QED) is 0.839. The van der Waals surface area contributed by atoms with E-state index in [1.807, 2.05) is 0 Å². The van der Waals surface area contributed by atoms with Crippen LogP contribution >= 0.6 is 0 Å². The summed E-state index contributed by atoms with van der Waals surface area (Å²) in [5, 5.41) is 3.51. The van der Waals surface area contributed by atoms with Gasteiger partial charge in [-0.25, -0.2) is 0 Å². The second-order valence-corrected chi connectivity index (χ2v) is 5.01. The lowest BCUT2D eigenvalue weighted by molar-refractivity contribution is 0.105. The van der Waals surface area contributed by atoms with Crippen LogP contribution < -0.4 is 5.32 Å². The molecule has 1 aromatic carbocycles. The van der Waals surface area contributed by atoms with Crippen molar-refractivity contribution in [2.75, 3.05) is 20.3 Å². The molecule has 1 N–H and O–H groups in total. The van der Waals surface area contributed by atoms with Crippen LogP contribution in [0.3, 0.4) is 0 Å². The van der Waals surface area contributed by atoms with E-state index >= 15 is 0 Å². The molecule has 2 rings (SSSR count). The van der Waals surface area contributed by atoms with Crippen molar-refractivity contribution in [2.24, 2.45) is 5.92 Å². The molecule has 0 bridgehead atoms. The maximum Gasteiger partial charge on any atom is 0.0713 e. The van der Waals surface area contributed by atoms with Crippen molar-refractivity contribution in [3.63, 3.8) is 0 Å². The zero-order chi connectivity index (χ0) is 12.8. The van der Waals surface area contributed by atoms with E-state index in [4.69, 9.17) is 9.47 Å². The summed E-state index contributed by atoms with van der Waals surface area (Å²) in [4.78, 5) is 0. The largest absolute Gasteiger partial charge is 0.380 e. The minimum atomic E-state index is 0.404. The van der Waals surface area contributed by atoms with Crippen molar-refractivity contribution in [3.05, 3.63) is 35.4 Å². The average molecular weight is 249 g/mol. The van der Waals surface area contributed by atoms with Gasteiger partial charge in [-0.1, -0.05) is 24.3 Å². The molecule has 100 valence electrons. The van der Waals surface area contributed by atoms with Crippen LogP contribution in [0.1, 0.15) is 24.5 Å². The van der Waals surface area contributed by atoms with E-state index < -0.39 is 0 Å². The van der Waals surface area contributed by atoms with Gasteiger partial charge in [-0.3, -0.25) is 0 Å². The fraction of sp³-hybridized carbons (Fsp3) is 0.600. The Kier molecular flexibility index (Phi) is 5.17. The number of rotatable bonds is 6. The molecule has 2 unspecified atom stereocenters. The zero-order valence-corrected chi connectivity index (χ0v) is 11.3. The lowest BCUT2D eigenvalue weighted by Crippen LogP contribution is -2.26. The molecule has 1 saturated heterocycles. The summed E-state index contributed by atoms with van der Waals surface area (Å²) in [5.41, 5.74) is 2.54. The van der Waals surface area contributed by atoms with Crippen LogP contribution in [0.15, 0.2) is 24.3 Å². The Bertz CT molecular complexity index is 350. The number of ether oxygens (including phenoxy) is 2. The smallest absolute Gasteiger partial charge is 0.0713 e. The minimum Gasteiger partial charge on any atom is -0.380 e. The number of methoxy groups -OCH3 is 1. The van der Waals surface area contributed by atoms with E-state index in [1.165, 1.54) is 17.5 Å². The van der Waals surface area contributed by atoms with Crippen molar-refractivity contribution in [1.29, 1.82) is 0 Å². The topological polar surface area (TPSA) is 30.5 Å². The second-order valence-electron chi connectivity index (χ2n) is 5.01. The van der Waals surface area contributed by atoms with Gasteiger partial charge in [0.1, 0.15) is 0 Å². The molecule has 1 aromatic rings. The molecule has 0 aromatic heterocycles. The van der Waals surface area contributed by atoms with Gasteiger partial charge < -0.3 is 14.8 Å². The summed E-state index contributed by atoms with van der Waals surface area (Å²) in [5.74, 6) is 0.665. The summed E-state index contributed by atoms with van der Waals surface area (Å²) < 4.78 is 10.7. The molecule has 0 radical (unpaired) electrons. The third-order valence-electron chi connectivity index (χ3n) is 3.60. The Morgan fingerprint density at radius 3 is 2.61 bits per heavy atom. The van der Waals surface area contributed by atoms with Crippen molar-refractivity contribution >= 4 is 0 Å². The van der Waals surface area contributed by atoms with Crippen LogP contribution in [0.25, 0.3) is 0 Å². The molecular weight excluding hydrogens is 226 g/mol. The van der Waals surface area contributed by atoms with Gasteiger partial charge >= 0.3 is 0 Å². The van der Waals surface area contributed by atoms with Crippen LogP contribution in [0, 0.1) is 5.92 Å². The van der Waals surface area contributed by atoms with E-state index in [1.54, 1.807) is 7.11 Å². The summed E-state index contributed by atoms with van der Waals surface area (Å²) in [6.07, 6.45) is 1.59. The third-order valence-corrected chi connectivity index (χ3v) is 3.60. The van der Waals surface area contributed by atoms with Crippen molar-refractivity contribution in [1.82, 2.24) is 5.32 Å². The van der Waals surface area contributed by atoms with E-state index in [0.717, 1.165) is 19.7 Å². The average Bonchev–Trinajstić information content (AvgIpc) is 2.78. The molecule has 1 heterocycles. The van der Waals surface area contributed by atoms with Gasteiger partial charge in [0.05, 0.1) is 12.7 Å². The molecule has 0 saturated carbocycles.